The van der Waals surface area contributed by atoms with Gasteiger partial charge in [-0.3, -0.25) is 9.59 Å². The molecule has 202 valence electrons. The Hall–Kier alpha value is -3.39. The lowest BCUT2D eigenvalue weighted by Gasteiger charge is -2.41. The summed E-state index contributed by atoms with van der Waals surface area (Å²) in [5.74, 6) is -4.17. The molecule has 1 aliphatic heterocycles. The predicted octanol–water partition coefficient (Wildman–Crippen LogP) is 2.67. The van der Waals surface area contributed by atoms with Gasteiger partial charge in [-0.2, -0.15) is 0 Å². The van der Waals surface area contributed by atoms with Crippen LogP contribution in [-0.2, 0) is 14.6 Å². The molecule has 2 aromatic rings. The number of carbonyl (C=O) groups is 2. The van der Waals surface area contributed by atoms with Crippen LogP contribution in [0.1, 0.15) is 30.1 Å². The zero-order chi connectivity index (χ0) is 27.6. The van der Waals surface area contributed by atoms with E-state index in [0.29, 0.717) is 36.7 Å². The number of likely N-dealkylation sites (tertiary alicyclic amines) is 1. The highest BCUT2D eigenvalue weighted by atomic mass is 32.2. The Morgan fingerprint density at radius 1 is 1.11 bits per heavy atom. The van der Waals surface area contributed by atoms with E-state index in [2.05, 4.69) is 10.1 Å². The van der Waals surface area contributed by atoms with Crippen molar-refractivity contribution in [2.75, 3.05) is 24.7 Å². The van der Waals surface area contributed by atoms with Crippen molar-refractivity contribution in [2.45, 2.75) is 42.8 Å². The first-order valence-corrected chi connectivity index (χ1v) is 12.9. The number of carbonyl (C=O) groups excluding carboxylic acids is 2. The molecule has 0 aliphatic carbocycles. The molecule has 2 amide bonds. The quantitative estimate of drug-likeness (QED) is 0.360. The van der Waals surface area contributed by atoms with E-state index in [1.165, 1.54) is 17.0 Å². The number of halogens is 4. The Balaban J connectivity index is 1.57. The summed E-state index contributed by atoms with van der Waals surface area (Å²) in [5.41, 5.74) is -0.619. The molecule has 0 aromatic heterocycles. The lowest BCUT2D eigenvalue weighted by molar-refractivity contribution is -0.274. The number of alkyl halides is 3. The van der Waals surface area contributed by atoms with E-state index in [1.54, 1.807) is 12.1 Å². The molecule has 1 atom stereocenters. The summed E-state index contributed by atoms with van der Waals surface area (Å²) in [6, 6.07) is 8.00. The standard InChI is InChI=1S/C23H25F4N3O6S/c1-22(29-14-3-6-16(7-4-14)37(2,34)35)9-11-30(12-10-22)21(33)20(32)28-19(31)17-13-15(5-8-18(17)24)36-23(25,26)27/h3-8,13,20,29,32H,9-12H2,1-2H3,(H,28,31)/t20-/m1/s1. The minimum Gasteiger partial charge on any atom is -0.406 e. The van der Waals surface area contributed by atoms with Gasteiger partial charge in [-0.15, -0.1) is 13.2 Å². The van der Waals surface area contributed by atoms with Gasteiger partial charge < -0.3 is 25.4 Å². The minimum absolute atomic E-state index is 0.180. The molecule has 3 N–H and O–H groups in total. The van der Waals surface area contributed by atoms with Crippen LogP contribution in [0.5, 0.6) is 5.75 Å². The summed E-state index contributed by atoms with van der Waals surface area (Å²) in [6.45, 7) is 2.30. The largest absolute Gasteiger partial charge is 0.573 e. The first-order chi connectivity index (χ1) is 17.1. The van der Waals surface area contributed by atoms with E-state index in [-0.39, 0.29) is 18.0 Å². The number of hydrogen-bond donors (Lipinski definition) is 3. The van der Waals surface area contributed by atoms with Gasteiger partial charge in [0, 0.05) is 30.6 Å². The third kappa shape index (κ3) is 7.55. The molecule has 0 bridgehead atoms. The highest BCUT2D eigenvalue weighted by molar-refractivity contribution is 7.90. The number of sulfone groups is 1. The normalized spacial score (nSPS) is 16.6. The summed E-state index contributed by atoms with van der Waals surface area (Å²) >= 11 is 0. The van der Waals surface area contributed by atoms with E-state index < -0.39 is 56.9 Å². The van der Waals surface area contributed by atoms with Crippen LogP contribution in [0.3, 0.4) is 0 Å². The average molecular weight is 548 g/mol. The summed E-state index contributed by atoms with van der Waals surface area (Å²) in [5, 5.41) is 15.4. The molecule has 0 radical (unpaired) electrons. The number of hydrogen-bond acceptors (Lipinski definition) is 7. The Bertz CT molecular complexity index is 1260. The van der Waals surface area contributed by atoms with Crippen LogP contribution in [0.25, 0.3) is 0 Å². The number of ether oxygens (including phenoxy) is 1. The van der Waals surface area contributed by atoms with Crippen LogP contribution in [-0.4, -0.2) is 67.7 Å². The number of nitrogens with zero attached hydrogens (tertiary/aromatic N) is 1. The molecule has 1 fully saturated rings. The van der Waals surface area contributed by atoms with Crippen LogP contribution in [0, 0.1) is 5.82 Å². The number of benzene rings is 2. The van der Waals surface area contributed by atoms with Gasteiger partial charge in [-0.1, -0.05) is 0 Å². The third-order valence-corrected chi connectivity index (χ3v) is 6.95. The predicted molar refractivity (Wildman–Crippen MR) is 124 cm³/mol. The third-order valence-electron chi connectivity index (χ3n) is 5.83. The van der Waals surface area contributed by atoms with Crippen LogP contribution in [0.15, 0.2) is 47.4 Å². The molecular weight excluding hydrogens is 522 g/mol. The molecule has 9 nitrogen and oxygen atoms in total. The smallest absolute Gasteiger partial charge is 0.406 e. The van der Waals surface area contributed by atoms with E-state index in [0.717, 1.165) is 6.26 Å². The minimum atomic E-state index is -5.06. The van der Waals surface area contributed by atoms with E-state index in [9.17, 15) is 40.7 Å². The van der Waals surface area contributed by atoms with Crippen LogP contribution >= 0.6 is 0 Å². The number of piperidine rings is 1. The second kappa shape index (κ2) is 10.5. The van der Waals surface area contributed by atoms with E-state index in [4.69, 9.17) is 0 Å². The van der Waals surface area contributed by atoms with E-state index in [1.807, 2.05) is 12.2 Å². The molecule has 14 heteroatoms. The number of anilines is 1. The van der Waals surface area contributed by atoms with Gasteiger partial charge >= 0.3 is 6.36 Å². The fraction of sp³-hybridized carbons (Fsp3) is 0.391. The van der Waals surface area contributed by atoms with Crippen LogP contribution in [0.4, 0.5) is 23.2 Å². The molecule has 37 heavy (non-hydrogen) atoms. The van der Waals surface area contributed by atoms with E-state index >= 15 is 0 Å². The van der Waals surface area contributed by atoms with Crippen molar-refractivity contribution in [1.82, 2.24) is 10.2 Å². The number of rotatable bonds is 7. The molecule has 0 saturated carbocycles. The molecule has 0 unspecified atom stereocenters. The van der Waals surface area contributed by atoms with Crippen LogP contribution < -0.4 is 15.4 Å². The SMILES string of the molecule is CC1(Nc2ccc(S(C)(=O)=O)cc2)CCN(C(=O)[C@@H](O)NC(=O)c2cc(OC(F)(F)F)ccc2F)CC1. The molecule has 0 spiro atoms. The van der Waals surface area contributed by atoms with Crippen molar-refractivity contribution in [3.63, 3.8) is 0 Å². The van der Waals surface area contributed by atoms with Crippen molar-refractivity contribution in [1.29, 1.82) is 0 Å². The van der Waals surface area contributed by atoms with Gasteiger partial charge in [-0.25, -0.2) is 12.8 Å². The molecule has 2 aromatic carbocycles. The molecular formula is C23H25F4N3O6S. The zero-order valence-electron chi connectivity index (χ0n) is 19.8. The van der Waals surface area contributed by atoms with Gasteiger partial charge in [0.2, 0.25) is 6.23 Å². The summed E-state index contributed by atoms with van der Waals surface area (Å²) in [4.78, 5) is 26.4. The molecule has 1 saturated heterocycles. The topological polar surface area (TPSA) is 125 Å². The summed E-state index contributed by atoms with van der Waals surface area (Å²) in [6.07, 6.45) is -5.12. The van der Waals surface area contributed by atoms with Gasteiger partial charge in [0.1, 0.15) is 11.6 Å². The number of aliphatic hydroxyl groups is 1. The summed E-state index contributed by atoms with van der Waals surface area (Å²) < 4.78 is 78.1. The molecule has 3 rings (SSSR count). The second-order valence-electron chi connectivity index (χ2n) is 8.87. The lowest BCUT2D eigenvalue weighted by atomic mass is 9.89. The summed E-state index contributed by atoms with van der Waals surface area (Å²) in [7, 11) is -3.33. The first kappa shape index (κ1) is 28.2. The molecule has 1 aliphatic rings. The Morgan fingerprint density at radius 2 is 1.70 bits per heavy atom. The van der Waals surface area contributed by atoms with Crippen LogP contribution in [0.2, 0.25) is 0 Å². The lowest BCUT2D eigenvalue weighted by Crippen LogP contribution is -2.54. The van der Waals surface area contributed by atoms with Crippen molar-refractivity contribution in [3.05, 3.63) is 53.8 Å². The maximum absolute atomic E-state index is 14.0. The Labute approximate surface area is 210 Å². The second-order valence-corrected chi connectivity index (χ2v) is 10.9. The monoisotopic (exact) mass is 547 g/mol. The first-order valence-electron chi connectivity index (χ1n) is 11.0. The highest BCUT2D eigenvalue weighted by Gasteiger charge is 2.35. The van der Waals surface area contributed by atoms with Crippen molar-refractivity contribution >= 4 is 27.3 Å². The van der Waals surface area contributed by atoms with Gasteiger partial charge in [0.15, 0.2) is 9.84 Å². The highest BCUT2D eigenvalue weighted by Crippen LogP contribution is 2.28. The fourth-order valence-corrected chi connectivity index (χ4v) is 4.42. The van der Waals surface area contributed by atoms with Crippen molar-refractivity contribution < 1.29 is 45.4 Å². The van der Waals surface area contributed by atoms with Crippen molar-refractivity contribution in [2.24, 2.45) is 0 Å². The Morgan fingerprint density at radius 3 is 2.24 bits per heavy atom. The van der Waals surface area contributed by atoms with Gasteiger partial charge in [-0.05, 0) is 62.2 Å². The van der Waals surface area contributed by atoms with Gasteiger partial charge in [0.25, 0.3) is 11.8 Å². The maximum Gasteiger partial charge on any atom is 0.573 e. The van der Waals surface area contributed by atoms with Gasteiger partial charge in [0.05, 0.1) is 10.5 Å². The zero-order valence-corrected chi connectivity index (χ0v) is 20.6. The number of amides is 2. The number of aliphatic hydroxyl groups excluding tert-OH is 1. The molecule has 1 heterocycles. The van der Waals surface area contributed by atoms with Crippen molar-refractivity contribution in [3.8, 4) is 5.75 Å². The number of nitrogens with one attached hydrogen (secondary N) is 2. The Kier molecular flexibility index (Phi) is 8.03. The average Bonchev–Trinajstić information content (AvgIpc) is 2.79. The maximum atomic E-state index is 14.0. The fourth-order valence-electron chi connectivity index (χ4n) is 3.79.